The molecule has 21 heavy (non-hydrogen) atoms. The van der Waals surface area contributed by atoms with Gasteiger partial charge in [0.05, 0.1) is 6.04 Å². The maximum absolute atomic E-state index is 14.2. The highest BCUT2D eigenvalue weighted by atomic mass is 35.5. The van der Waals surface area contributed by atoms with E-state index in [9.17, 15) is 8.78 Å². The molecule has 0 radical (unpaired) electrons. The zero-order chi connectivity index (χ0) is 13.9. The van der Waals surface area contributed by atoms with Gasteiger partial charge in [0.1, 0.15) is 11.6 Å². The molecule has 1 aromatic heterocycles. The molecule has 1 fully saturated rings. The molecule has 2 aromatic rings. The number of thiophene rings is 1. The van der Waals surface area contributed by atoms with E-state index < -0.39 is 11.6 Å². The van der Waals surface area contributed by atoms with Gasteiger partial charge in [-0.05, 0) is 28.5 Å². The van der Waals surface area contributed by atoms with Crippen molar-refractivity contribution in [2.24, 2.45) is 0 Å². The van der Waals surface area contributed by atoms with Crippen LogP contribution >= 0.6 is 23.7 Å². The Morgan fingerprint density at radius 3 is 2.52 bits per heavy atom. The third-order valence-corrected chi connectivity index (χ3v) is 4.33. The van der Waals surface area contributed by atoms with Crippen LogP contribution in [0.25, 0.3) is 0 Å². The Bertz CT molecular complexity index is 571. The first-order valence-corrected chi connectivity index (χ1v) is 7.62. The highest BCUT2D eigenvalue weighted by molar-refractivity contribution is 7.08. The second kappa shape index (κ2) is 7.31. The van der Waals surface area contributed by atoms with Crippen molar-refractivity contribution in [3.63, 3.8) is 0 Å². The number of rotatable bonds is 3. The van der Waals surface area contributed by atoms with Crippen molar-refractivity contribution in [3.05, 3.63) is 57.8 Å². The summed E-state index contributed by atoms with van der Waals surface area (Å²) in [6.45, 7) is 3.50. The lowest BCUT2D eigenvalue weighted by molar-refractivity contribution is 0.195. The Morgan fingerprint density at radius 1 is 1.14 bits per heavy atom. The van der Waals surface area contributed by atoms with Gasteiger partial charge in [0.25, 0.3) is 0 Å². The molecule has 1 N–H and O–H groups in total. The summed E-state index contributed by atoms with van der Waals surface area (Å²) in [7, 11) is 0. The van der Waals surface area contributed by atoms with Gasteiger partial charge in [-0.25, -0.2) is 8.78 Å². The third kappa shape index (κ3) is 3.61. The molecule has 1 saturated heterocycles. The highest BCUT2D eigenvalue weighted by Crippen LogP contribution is 2.32. The molecule has 0 bridgehead atoms. The van der Waals surface area contributed by atoms with Crippen LogP contribution in [0.3, 0.4) is 0 Å². The molecule has 0 saturated carbocycles. The van der Waals surface area contributed by atoms with Gasteiger partial charge in [-0.3, -0.25) is 4.90 Å². The third-order valence-electron chi connectivity index (χ3n) is 3.63. The number of nitrogens with one attached hydrogen (secondary N) is 1. The van der Waals surface area contributed by atoms with Gasteiger partial charge in [0.2, 0.25) is 0 Å². The van der Waals surface area contributed by atoms with E-state index in [0.717, 1.165) is 37.8 Å². The maximum atomic E-state index is 14.2. The van der Waals surface area contributed by atoms with E-state index in [4.69, 9.17) is 0 Å². The molecule has 1 aromatic carbocycles. The lowest BCUT2D eigenvalue weighted by Gasteiger charge is -2.35. The molecule has 2 nitrogen and oxygen atoms in total. The Kier molecular flexibility index (Phi) is 5.70. The van der Waals surface area contributed by atoms with Crippen molar-refractivity contribution in [3.8, 4) is 0 Å². The summed E-state index contributed by atoms with van der Waals surface area (Å²) in [6.07, 6.45) is 0. The van der Waals surface area contributed by atoms with Crippen LogP contribution in [-0.4, -0.2) is 31.1 Å². The second-order valence-electron chi connectivity index (χ2n) is 4.91. The summed E-state index contributed by atoms with van der Waals surface area (Å²) in [5.41, 5.74) is 1.62. The van der Waals surface area contributed by atoms with E-state index in [-0.39, 0.29) is 18.4 Å². The normalized spacial score (nSPS) is 17.2. The number of nitrogens with zero attached hydrogens (tertiary/aromatic N) is 1. The Balaban J connectivity index is 0.00000161. The molecule has 0 spiro atoms. The molecular formula is C15H17ClF2N2S. The largest absolute Gasteiger partial charge is 0.314 e. The first kappa shape index (κ1) is 16.4. The van der Waals surface area contributed by atoms with E-state index in [2.05, 4.69) is 10.2 Å². The van der Waals surface area contributed by atoms with Crippen LogP contribution in [0.1, 0.15) is 17.2 Å². The highest BCUT2D eigenvalue weighted by Gasteiger charge is 2.26. The lowest BCUT2D eigenvalue weighted by Crippen LogP contribution is -2.45. The fourth-order valence-corrected chi connectivity index (χ4v) is 3.36. The van der Waals surface area contributed by atoms with Gasteiger partial charge in [-0.2, -0.15) is 11.3 Å². The van der Waals surface area contributed by atoms with Gasteiger partial charge in [-0.1, -0.05) is 6.07 Å². The van der Waals surface area contributed by atoms with Crippen LogP contribution in [0.15, 0.2) is 35.0 Å². The van der Waals surface area contributed by atoms with Gasteiger partial charge < -0.3 is 5.32 Å². The van der Waals surface area contributed by atoms with E-state index in [0.29, 0.717) is 5.56 Å². The topological polar surface area (TPSA) is 15.3 Å². The van der Waals surface area contributed by atoms with E-state index in [1.54, 1.807) is 17.4 Å². The van der Waals surface area contributed by atoms with Gasteiger partial charge in [0, 0.05) is 37.8 Å². The Hall–Kier alpha value is -1.01. The number of benzene rings is 1. The van der Waals surface area contributed by atoms with Gasteiger partial charge >= 0.3 is 0 Å². The first-order valence-electron chi connectivity index (χ1n) is 6.67. The molecule has 1 atom stereocenters. The summed E-state index contributed by atoms with van der Waals surface area (Å²) in [5, 5.41) is 7.33. The van der Waals surface area contributed by atoms with Crippen LogP contribution in [0.2, 0.25) is 0 Å². The van der Waals surface area contributed by atoms with E-state index >= 15 is 0 Å². The number of piperazine rings is 1. The molecule has 0 aliphatic carbocycles. The average Bonchev–Trinajstić information content (AvgIpc) is 2.97. The standard InChI is InChI=1S/C15H16F2N2S.ClH/c16-12-1-2-13(14(17)9-12)15(11-3-8-20-10-11)19-6-4-18-5-7-19;/h1-3,8-10,15,18H,4-7H2;1H/t15-;/m1./s1. The van der Waals surface area contributed by atoms with Crippen molar-refractivity contribution in [1.82, 2.24) is 10.2 Å². The molecule has 0 unspecified atom stereocenters. The zero-order valence-electron chi connectivity index (χ0n) is 11.4. The van der Waals surface area contributed by atoms with Crippen LogP contribution < -0.4 is 5.32 Å². The van der Waals surface area contributed by atoms with E-state index in [1.807, 2.05) is 16.8 Å². The van der Waals surface area contributed by atoms with Crippen molar-refractivity contribution in [2.75, 3.05) is 26.2 Å². The van der Waals surface area contributed by atoms with Crippen molar-refractivity contribution < 1.29 is 8.78 Å². The zero-order valence-corrected chi connectivity index (χ0v) is 13.0. The summed E-state index contributed by atoms with van der Waals surface area (Å²) >= 11 is 1.60. The maximum Gasteiger partial charge on any atom is 0.131 e. The summed E-state index contributed by atoms with van der Waals surface area (Å²) < 4.78 is 27.3. The molecule has 2 heterocycles. The fourth-order valence-electron chi connectivity index (χ4n) is 2.68. The predicted octanol–water partition coefficient (Wildman–Crippen LogP) is 3.44. The first-order chi connectivity index (χ1) is 9.75. The number of hydrogen-bond acceptors (Lipinski definition) is 3. The Morgan fingerprint density at radius 2 is 1.90 bits per heavy atom. The molecule has 1 aliphatic rings. The minimum absolute atomic E-state index is 0. The van der Waals surface area contributed by atoms with Gasteiger partial charge in [0.15, 0.2) is 0 Å². The molecule has 114 valence electrons. The minimum atomic E-state index is -0.532. The summed E-state index contributed by atoms with van der Waals surface area (Å²) in [4.78, 5) is 2.24. The Labute approximate surface area is 133 Å². The van der Waals surface area contributed by atoms with Crippen molar-refractivity contribution in [2.45, 2.75) is 6.04 Å². The lowest BCUT2D eigenvalue weighted by atomic mass is 9.98. The average molecular weight is 331 g/mol. The summed E-state index contributed by atoms with van der Waals surface area (Å²) in [6, 6.07) is 5.75. The molecule has 0 amide bonds. The van der Waals surface area contributed by atoms with Crippen LogP contribution in [0.5, 0.6) is 0 Å². The quantitative estimate of drug-likeness (QED) is 0.927. The van der Waals surface area contributed by atoms with E-state index in [1.165, 1.54) is 6.07 Å². The second-order valence-corrected chi connectivity index (χ2v) is 5.69. The monoisotopic (exact) mass is 330 g/mol. The van der Waals surface area contributed by atoms with Crippen LogP contribution in [0.4, 0.5) is 8.78 Å². The molecule has 6 heteroatoms. The van der Waals surface area contributed by atoms with Crippen LogP contribution in [0, 0.1) is 11.6 Å². The molecule has 1 aliphatic heterocycles. The smallest absolute Gasteiger partial charge is 0.131 e. The number of halogens is 3. The van der Waals surface area contributed by atoms with Crippen molar-refractivity contribution >= 4 is 23.7 Å². The summed E-state index contributed by atoms with van der Waals surface area (Å²) in [5.74, 6) is -1.00. The molecular weight excluding hydrogens is 314 g/mol. The molecule has 3 rings (SSSR count). The fraction of sp³-hybridized carbons (Fsp3) is 0.333. The van der Waals surface area contributed by atoms with Crippen molar-refractivity contribution in [1.29, 1.82) is 0 Å². The SMILES string of the molecule is Cl.Fc1ccc([C@@H](c2ccsc2)N2CCNCC2)c(F)c1. The van der Waals surface area contributed by atoms with Crippen LogP contribution in [-0.2, 0) is 0 Å². The predicted molar refractivity (Wildman–Crippen MR) is 84.2 cm³/mol. The minimum Gasteiger partial charge on any atom is -0.314 e. The van der Waals surface area contributed by atoms with Gasteiger partial charge in [-0.15, -0.1) is 12.4 Å². The number of hydrogen-bond donors (Lipinski definition) is 1.